The number of hydrogen-bond acceptors (Lipinski definition) is 4. The molecule has 1 unspecified atom stereocenters. The van der Waals surface area contributed by atoms with E-state index in [0.717, 1.165) is 6.42 Å². The summed E-state index contributed by atoms with van der Waals surface area (Å²) in [6, 6.07) is -2.44. The van der Waals surface area contributed by atoms with Crippen LogP contribution in [0, 0.1) is 0 Å². The van der Waals surface area contributed by atoms with Crippen molar-refractivity contribution in [1.29, 1.82) is 0 Å². The van der Waals surface area contributed by atoms with Gasteiger partial charge in [-0.2, -0.15) is 0 Å². The van der Waals surface area contributed by atoms with Crippen molar-refractivity contribution in [2.24, 2.45) is 0 Å². The molecule has 0 radical (unpaired) electrons. The van der Waals surface area contributed by atoms with Gasteiger partial charge in [0.05, 0.1) is 19.1 Å². The van der Waals surface area contributed by atoms with E-state index in [1.807, 2.05) is 0 Å². The molecule has 4 N–H and O–H groups in total. The summed E-state index contributed by atoms with van der Waals surface area (Å²) < 4.78 is 0. The van der Waals surface area contributed by atoms with Crippen LogP contribution in [-0.4, -0.2) is 63.4 Å². The highest BCUT2D eigenvalue weighted by Gasteiger charge is 2.31. The molecule has 102 valence electrons. The second-order valence-electron chi connectivity index (χ2n) is 4.11. The van der Waals surface area contributed by atoms with Crippen LogP contribution in [0.3, 0.4) is 0 Å². The van der Waals surface area contributed by atoms with Crippen LogP contribution in [0.25, 0.3) is 0 Å². The van der Waals surface area contributed by atoms with Crippen molar-refractivity contribution in [2.75, 3.05) is 13.2 Å². The Bertz CT molecular complexity index is 345. The lowest BCUT2D eigenvalue weighted by Gasteiger charge is -2.25. The zero-order valence-corrected chi connectivity index (χ0v) is 9.70. The van der Waals surface area contributed by atoms with Gasteiger partial charge in [-0.3, -0.25) is 4.79 Å². The van der Waals surface area contributed by atoms with E-state index >= 15 is 0 Å². The summed E-state index contributed by atoms with van der Waals surface area (Å²) in [5.41, 5.74) is 0. The topological polar surface area (TPSA) is 127 Å². The van der Waals surface area contributed by atoms with E-state index in [4.69, 9.17) is 15.3 Å². The molecule has 1 fully saturated rings. The molecule has 2 atom stereocenters. The third-order valence-corrected chi connectivity index (χ3v) is 2.82. The van der Waals surface area contributed by atoms with E-state index < -0.39 is 30.4 Å². The number of hydrogen-bond donors (Lipinski definition) is 4. The van der Waals surface area contributed by atoms with E-state index in [-0.39, 0.29) is 12.6 Å². The zero-order valence-electron chi connectivity index (χ0n) is 9.70. The third kappa shape index (κ3) is 3.59. The average Bonchev–Trinajstić information content (AvgIpc) is 2.75. The molecule has 18 heavy (non-hydrogen) atoms. The number of rotatable bonds is 5. The highest BCUT2D eigenvalue weighted by atomic mass is 16.4. The first-order valence-corrected chi connectivity index (χ1v) is 5.58. The van der Waals surface area contributed by atoms with Gasteiger partial charge in [0.1, 0.15) is 6.04 Å². The Labute approximate surface area is 103 Å². The van der Waals surface area contributed by atoms with Gasteiger partial charge >= 0.3 is 18.0 Å². The summed E-state index contributed by atoms with van der Waals surface area (Å²) >= 11 is 0. The van der Waals surface area contributed by atoms with Crippen molar-refractivity contribution in [3.05, 3.63) is 0 Å². The Morgan fingerprint density at radius 2 is 2.00 bits per heavy atom. The van der Waals surface area contributed by atoms with Crippen LogP contribution in [-0.2, 0) is 9.59 Å². The maximum atomic E-state index is 11.8. The molecule has 1 aliphatic rings. The summed E-state index contributed by atoms with van der Waals surface area (Å²) in [5.74, 6) is -2.70. The maximum absolute atomic E-state index is 11.8. The second-order valence-corrected chi connectivity index (χ2v) is 4.11. The molecule has 8 nitrogen and oxygen atoms in total. The second kappa shape index (κ2) is 6.20. The lowest BCUT2D eigenvalue weighted by Crippen LogP contribution is -2.50. The van der Waals surface area contributed by atoms with E-state index in [1.165, 1.54) is 4.90 Å². The minimum Gasteiger partial charge on any atom is -0.481 e. The predicted octanol–water partition coefficient (Wildman–Crippen LogP) is -0.919. The molecule has 0 aromatic heterocycles. The standard InChI is InChI=1S/C10H16N2O6/c13-5-6-2-1-3-12(6)10(18)11-7(9(16)17)4-8(14)15/h6-7,13H,1-5H2,(H,11,18)(H,14,15)(H,16,17)/t6?,7-/m1/s1. The number of urea groups is 1. The number of aliphatic carboxylic acids is 2. The molecule has 1 heterocycles. The lowest BCUT2D eigenvalue weighted by atomic mass is 10.2. The van der Waals surface area contributed by atoms with Crippen molar-refractivity contribution in [2.45, 2.75) is 31.3 Å². The Balaban J connectivity index is 2.60. The molecular weight excluding hydrogens is 244 g/mol. The Kier molecular flexibility index (Phi) is 4.90. The van der Waals surface area contributed by atoms with Crippen molar-refractivity contribution >= 4 is 18.0 Å². The maximum Gasteiger partial charge on any atom is 0.326 e. The Morgan fingerprint density at radius 1 is 1.33 bits per heavy atom. The molecule has 1 rings (SSSR count). The number of aliphatic hydroxyl groups is 1. The van der Waals surface area contributed by atoms with Gasteiger partial charge in [-0.25, -0.2) is 9.59 Å². The first-order valence-electron chi connectivity index (χ1n) is 5.58. The fraction of sp³-hybridized carbons (Fsp3) is 0.700. The fourth-order valence-electron chi connectivity index (χ4n) is 1.90. The van der Waals surface area contributed by atoms with Crippen molar-refractivity contribution in [3.8, 4) is 0 Å². The number of carboxylic acid groups (broad SMARTS) is 2. The van der Waals surface area contributed by atoms with Crippen LogP contribution < -0.4 is 5.32 Å². The number of likely N-dealkylation sites (tertiary alicyclic amines) is 1. The zero-order chi connectivity index (χ0) is 13.7. The molecule has 0 spiro atoms. The Hall–Kier alpha value is -1.83. The van der Waals surface area contributed by atoms with Crippen molar-refractivity contribution in [1.82, 2.24) is 10.2 Å². The van der Waals surface area contributed by atoms with E-state index in [1.54, 1.807) is 0 Å². The van der Waals surface area contributed by atoms with Gasteiger partial charge in [0.15, 0.2) is 0 Å². The highest BCUT2D eigenvalue weighted by molar-refractivity contribution is 5.86. The fourth-order valence-corrected chi connectivity index (χ4v) is 1.90. The van der Waals surface area contributed by atoms with E-state index in [9.17, 15) is 14.4 Å². The van der Waals surface area contributed by atoms with E-state index in [2.05, 4.69) is 5.32 Å². The number of carboxylic acids is 2. The molecule has 0 aliphatic carbocycles. The van der Waals surface area contributed by atoms with E-state index in [0.29, 0.717) is 13.0 Å². The molecule has 0 aromatic carbocycles. The van der Waals surface area contributed by atoms with Gasteiger partial charge in [0.2, 0.25) is 0 Å². The number of amides is 2. The number of carbonyl (C=O) groups excluding carboxylic acids is 1. The normalized spacial score (nSPS) is 20.5. The van der Waals surface area contributed by atoms with Gasteiger partial charge in [-0.15, -0.1) is 0 Å². The Morgan fingerprint density at radius 3 is 2.50 bits per heavy atom. The number of aliphatic hydroxyl groups excluding tert-OH is 1. The van der Waals surface area contributed by atoms with Crippen LogP contribution in [0.4, 0.5) is 4.79 Å². The largest absolute Gasteiger partial charge is 0.481 e. The predicted molar refractivity (Wildman–Crippen MR) is 59.0 cm³/mol. The number of carbonyl (C=O) groups is 3. The monoisotopic (exact) mass is 260 g/mol. The molecule has 1 aliphatic heterocycles. The molecule has 1 saturated heterocycles. The van der Waals surface area contributed by atoms with Gasteiger partial charge in [-0.05, 0) is 12.8 Å². The van der Waals surface area contributed by atoms with Gasteiger partial charge in [-0.1, -0.05) is 0 Å². The quantitative estimate of drug-likeness (QED) is 0.506. The summed E-state index contributed by atoms with van der Waals surface area (Å²) in [6.07, 6.45) is 0.703. The minimum absolute atomic E-state index is 0.190. The molecule has 8 heteroatoms. The summed E-state index contributed by atoms with van der Waals surface area (Å²) in [4.78, 5) is 34.3. The minimum atomic E-state index is -1.46. The van der Waals surface area contributed by atoms with Crippen molar-refractivity contribution < 1.29 is 29.7 Å². The van der Waals surface area contributed by atoms with Crippen LogP contribution >= 0.6 is 0 Å². The van der Waals surface area contributed by atoms with Gasteiger partial charge in [0, 0.05) is 6.54 Å². The first-order chi connectivity index (χ1) is 8.45. The molecule has 0 bridgehead atoms. The smallest absolute Gasteiger partial charge is 0.326 e. The lowest BCUT2D eigenvalue weighted by molar-refractivity contribution is -0.145. The SMILES string of the molecule is O=C(O)C[C@@H](NC(=O)N1CCCC1CO)C(=O)O. The summed E-state index contributed by atoms with van der Waals surface area (Å²) in [6.45, 7) is 0.237. The molecular formula is C10H16N2O6. The number of nitrogens with zero attached hydrogens (tertiary/aromatic N) is 1. The van der Waals surface area contributed by atoms with Crippen LogP contribution in [0.1, 0.15) is 19.3 Å². The molecule has 0 aromatic rings. The van der Waals surface area contributed by atoms with Crippen LogP contribution in [0.15, 0.2) is 0 Å². The molecule has 0 saturated carbocycles. The third-order valence-electron chi connectivity index (χ3n) is 2.82. The van der Waals surface area contributed by atoms with Gasteiger partial charge in [0.25, 0.3) is 0 Å². The van der Waals surface area contributed by atoms with Crippen LogP contribution in [0.5, 0.6) is 0 Å². The first kappa shape index (κ1) is 14.2. The summed E-state index contributed by atoms with van der Waals surface area (Å²) in [5, 5.41) is 28.5. The molecule has 2 amide bonds. The number of nitrogens with one attached hydrogen (secondary N) is 1. The van der Waals surface area contributed by atoms with Gasteiger partial charge < -0.3 is 25.5 Å². The summed E-state index contributed by atoms with van der Waals surface area (Å²) in [7, 11) is 0. The highest BCUT2D eigenvalue weighted by Crippen LogP contribution is 2.16. The van der Waals surface area contributed by atoms with Crippen molar-refractivity contribution in [3.63, 3.8) is 0 Å². The average molecular weight is 260 g/mol. The van der Waals surface area contributed by atoms with Crippen LogP contribution in [0.2, 0.25) is 0 Å².